The first-order valence-corrected chi connectivity index (χ1v) is 6.35. The van der Waals surface area contributed by atoms with Crippen molar-refractivity contribution in [1.29, 1.82) is 0 Å². The third-order valence-corrected chi connectivity index (χ3v) is 4.19. The van der Waals surface area contributed by atoms with Crippen LogP contribution in [0.5, 0.6) is 0 Å². The van der Waals surface area contributed by atoms with E-state index in [1.807, 2.05) is 0 Å². The maximum Gasteiger partial charge on any atom is 0.251 e. The number of aromatic amines is 1. The van der Waals surface area contributed by atoms with Crippen LogP contribution < -0.4 is 5.56 Å². The van der Waals surface area contributed by atoms with Crippen LogP contribution in [0.2, 0.25) is 0 Å². The van der Waals surface area contributed by atoms with E-state index in [0.717, 1.165) is 23.4 Å². The predicted molar refractivity (Wildman–Crippen MR) is 63.8 cm³/mol. The fraction of sp³-hybridized carbons (Fsp3) is 0.692. The summed E-state index contributed by atoms with van der Waals surface area (Å²) in [7, 11) is 1.63. The van der Waals surface area contributed by atoms with E-state index >= 15 is 0 Å². The lowest BCUT2D eigenvalue weighted by atomic mass is 9.88. The van der Waals surface area contributed by atoms with Crippen molar-refractivity contribution in [1.82, 2.24) is 9.97 Å². The third-order valence-electron chi connectivity index (χ3n) is 4.19. The van der Waals surface area contributed by atoms with Crippen LogP contribution in [-0.2, 0) is 11.3 Å². The summed E-state index contributed by atoms with van der Waals surface area (Å²) in [6, 6.07) is 1.53. The van der Waals surface area contributed by atoms with Crippen molar-refractivity contribution < 1.29 is 4.74 Å². The summed E-state index contributed by atoms with van der Waals surface area (Å²) < 4.78 is 5.05. The summed E-state index contributed by atoms with van der Waals surface area (Å²) in [5.74, 6) is 2.96. The van der Waals surface area contributed by atoms with Gasteiger partial charge in [0.25, 0.3) is 5.56 Å². The van der Waals surface area contributed by atoms with Crippen molar-refractivity contribution in [2.45, 2.75) is 38.2 Å². The Bertz CT molecular complexity index is 469. The molecule has 17 heavy (non-hydrogen) atoms. The highest BCUT2D eigenvalue weighted by molar-refractivity contribution is 5.10. The average Bonchev–Trinajstić information content (AvgIpc) is 2.90. The Morgan fingerprint density at radius 1 is 1.47 bits per heavy atom. The number of methoxy groups -OCH3 is 1. The lowest BCUT2D eigenvalue weighted by Crippen LogP contribution is -2.19. The van der Waals surface area contributed by atoms with Gasteiger partial charge in [-0.2, -0.15) is 0 Å². The van der Waals surface area contributed by atoms with Gasteiger partial charge in [0.2, 0.25) is 0 Å². The molecule has 0 aliphatic heterocycles. The Labute approximate surface area is 100 Å². The van der Waals surface area contributed by atoms with Crippen molar-refractivity contribution in [2.75, 3.05) is 7.11 Å². The molecular weight excluding hydrogens is 216 g/mol. The highest BCUT2D eigenvalue weighted by atomic mass is 16.5. The molecule has 2 fully saturated rings. The molecule has 1 aromatic heterocycles. The number of rotatable bonds is 3. The van der Waals surface area contributed by atoms with Crippen LogP contribution in [0.4, 0.5) is 0 Å². The molecule has 0 radical (unpaired) electrons. The van der Waals surface area contributed by atoms with Crippen molar-refractivity contribution in [3.8, 4) is 0 Å². The highest BCUT2D eigenvalue weighted by Crippen LogP contribution is 2.51. The smallest absolute Gasteiger partial charge is 0.251 e. The molecule has 2 saturated carbocycles. The summed E-state index contributed by atoms with van der Waals surface area (Å²) in [5.41, 5.74) is 0.693. The van der Waals surface area contributed by atoms with Gasteiger partial charge in [-0.3, -0.25) is 4.79 Å². The minimum Gasteiger partial charge on any atom is -0.378 e. The SMILES string of the molecule is COCc1cc(=O)[nH]c(C2CC3CCC2C3)n1. The fourth-order valence-corrected chi connectivity index (χ4v) is 3.51. The number of nitrogens with one attached hydrogen (secondary N) is 1. The normalized spacial score (nSPS) is 31.0. The van der Waals surface area contributed by atoms with E-state index < -0.39 is 0 Å². The Morgan fingerprint density at radius 3 is 3.00 bits per heavy atom. The van der Waals surface area contributed by atoms with E-state index in [1.54, 1.807) is 7.11 Å². The van der Waals surface area contributed by atoms with Crippen molar-refractivity contribution >= 4 is 0 Å². The van der Waals surface area contributed by atoms with Crippen LogP contribution in [0.3, 0.4) is 0 Å². The van der Waals surface area contributed by atoms with Crippen LogP contribution in [0.1, 0.15) is 43.1 Å². The van der Waals surface area contributed by atoms with Gasteiger partial charge in [0, 0.05) is 19.1 Å². The Kier molecular flexibility index (Phi) is 2.74. The molecule has 0 spiro atoms. The predicted octanol–water partition coefficient (Wildman–Crippen LogP) is 1.82. The number of aromatic nitrogens is 2. The second-order valence-corrected chi connectivity index (χ2v) is 5.34. The van der Waals surface area contributed by atoms with E-state index in [-0.39, 0.29) is 5.56 Å². The average molecular weight is 234 g/mol. The molecule has 2 aliphatic carbocycles. The largest absolute Gasteiger partial charge is 0.378 e. The van der Waals surface area contributed by atoms with E-state index in [2.05, 4.69) is 9.97 Å². The van der Waals surface area contributed by atoms with Crippen LogP contribution in [0.15, 0.2) is 10.9 Å². The van der Waals surface area contributed by atoms with Crippen LogP contribution in [0.25, 0.3) is 0 Å². The molecule has 2 bridgehead atoms. The van der Waals surface area contributed by atoms with Gasteiger partial charge in [-0.05, 0) is 31.1 Å². The maximum atomic E-state index is 11.6. The molecule has 3 rings (SSSR count). The quantitative estimate of drug-likeness (QED) is 0.868. The fourth-order valence-electron chi connectivity index (χ4n) is 3.51. The standard InChI is InChI=1S/C13H18N2O2/c1-17-7-10-6-12(16)15-13(14-10)11-5-8-2-3-9(11)4-8/h6,8-9,11H,2-5,7H2,1H3,(H,14,15,16). The van der Waals surface area contributed by atoms with Gasteiger partial charge < -0.3 is 9.72 Å². The summed E-state index contributed by atoms with van der Waals surface area (Å²) >= 11 is 0. The van der Waals surface area contributed by atoms with Gasteiger partial charge >= 0.3 is 0 Å². The molecular formula is C13H18N2O2. The first kappa shape index (κ1) is 11.0. The van der Waals surface area contributed by atoms with Gasteiger partial charge in [-0.25, -0.2) is 4.98 Å². The topological polar surface area (TPSA) is 55.0 Å². The Balaban J connectivity index is 1.89. The van der Waals surface area contributed by atoms with E-state index in [9.17, 15) is 4.79 Å². The molecule has 1 heterocycles. The molecule has 3 atom stereocenters. The van der Waals surface area contributed by atoms with Gasteiger partial charge in [0.05, 0.1) is 12.3 Å². The summed E-state index contributed by atoms with van der Waals surface area (Å²) in [6.45, 7) is 0.414. The zero-order valence-corrected chi connectivity index (χ0v) is 10.1. The summed E-state index contributed by atoms with van der Waals surface area (Å²) in [6.07, 6.45) is 5.18. The van der Waals surface area contributed by atoms with Crippen LogP contribution >= 0.6 is 0 Å². The lowest BCUT2D eigenvalue weighted by molar-refractivity contribution is 0.180. The van der Waals surface area contributed by atoms with E-state index in [4.69, 9.17) is 4.74 Å². The molecule has 1 aromatic rings. The number of hydrogen-bond donors (Lipinski definition) is 1. The molecule has 4 heteroatoms. The number of fused-ring (bicyclic) bond motifs is 2. The number of H-pyrrole nitrogens is 1. The zero-order valence-electron chi connectivity index (χ0n) is 10.1. The van der Waals surface area contributed by atoms with Crippen molar-refractivity contribution in [2.24, 2.45) is 11.8 Å². The summed E-state index contributed by atoms with van der Waals surface area (Å²) in [4.78, 5) is 19.1. The number of ether oxygens (including phenoxy) is 1. The second-order valence-electron chi connectivity index (χ2n) is 5.34. The molecule has 2 aliphatic rings. The van der Waals surface area contributed by atoms with Gasteiger partial charge in [-0.15, -0.1) is 0 Å². The minimum atomic E-state index is -0.0511. The molecule has 4 nitrogen and oxygen atoms in total. The summed E-state index contributed by atoms with van der Waals surface area (Å²) in [5, 5.41) is 0. The number of hydrogen-bond acceptors (Lipinski definition) is 3. The molecule has 92 valence electrons. The van der Waals surface area contributed by atoms with Gasteiger partial charge in [-0.1, -0.05) is 6.42 Å². The highest BCUT2D eigenvalue weighted by Gasteiger charge is 2.41. The van der Waals surface area contributed by atoms with Gasteiger partial charge in [0.15, 0.2) is 0 Å². The monoisotopic (exact) mass is 234 g/mol. The second kappa shape index (κ2) is 4.26. The molecule has 0 saturated heterocycles. The third kappa shape index (κ3) is 2.02. The molecule has 0 amide bonds. The van der Waals surface area contributed by atoms with Crippen LogP contribution in [-0.4, -0.2) is 17.1 Å². The Hall–Kier alpha value is -1.16. The molecule has 1 N–H and O–H groups in total. The van der Waals surface area contributed by atoms with Crippen LogP contribution in [0, 0.1) is 11.8 Å². The Morgan fingerprint density at radius 2 is 2.35 bits per heavy atom. The van der Waals surface area contributed by atoms with E-state index in [0.29, 0.717) is 12.5 Å². The molecule has 3 unspecified atom stereocenters. The zero-order chi connectivity index (χ0) is 11.8. The van der Waals surface area contributed by atoms with E-state index in [1.165, 1.54) is 31.7 Å². The first-order valence-electron chi connectivity index (χ1n) is 6.35. The van der Waals surface area contributed by atoms with Gasteiger partial charge in [0.1, 0.15) is 5.82 Å². The first-order chi connectivity index (χ1) is 8.26. The molecule has 0 aromatic carbocycles. The van der Waals surface area contributed by atoms with Crippen molar-refractivity contribution in [3.05, 3.63) is 27.9 Å². The maximum absolute atomic E-state index is 11.6. The lowest BCUT2D eigenvalue weighted by Gasteiger charge is -2.20. The minimum absolute atomic E-state index is 0.0511. The van der Waals surface area contributed by atoms with Crippen molar-refractivity contribution in [3.63, 3.8) is 0 Å². The number of nitrogens with zero attached hydrogens (tertiary/aromatic N) is 1.